The van der Waals surface area contributed by atoms with Crippen LogP contribution < -0.4 is 33.3 Å². The lowest BCUT2D eigenvalue weighted by atomic mass is 10.1. The van der Waals surface area contributed by atoms with Crippen LogP contribution in [0, 0.1) is 0 Å². The highest BCUT2D eigenvalue weighted by atomic mass is 16.5. The molecule has 0 saturated heterocycles. The Morgan fingerprint density at radius 2 is 1.54 bits per heavy atom. The molecule has 0 aromatic heterocycles. The van der Waals surface area contributed by atoms with E-state index in [4.69, 9.17) is 26.7 Å². The van der Waals surface area contributed by atoms with Crippen molar-refractivity contribution >= 4 is 18.1 Å². The molecular weight excluding hydrogens is 500 g/mol. The molecule has 13 nitrogen and oxygen atoms in total. The molecule has 0 atom stereocenters. The van der Waals surface area contributed by atoms with Gasteiger partial charge in [0.15, 0.2) is 0 Å². The van der Waals surface area contributed by atoms with E-state index in [1.807, 2.05) is 24.3 Å². The second-order valence-corrected chi connectivity index (χ2v) is 8.88. The summed E-state index contributed by atoms with van der Waals surface area (Å²) in [5, 5.41) is 10.3. The lowest BCUT2D eigenvalue weighted by Crippen LogP contribution is -2.40. The number of ether oxygens (including phenoxy) is 2. The van der Waals surface area contributed by atoms with Gasteiger partial charge in [0, 0.05) is 78.1 Å². The van der Waals surface area contributed by atoms with Gasteiger partial charge < -0.3 is 42.2 Å². The predicted octanol–water partition coefficient (Wildman–Crippen LogP) is -2.01. The quantitative estimate of drug-likeness (QED) is 0.0385. The topological polar surface area (TPSA) is 181 Å². The van der Waals surface area contributed by atoms with Crippen molar-refractivity contribution in [2.45, 2.75) is 6.42 Å². The van der Waals surface area contributed by atoms with Gasteiger partial charge >= 0.3 is 0 Å². The van der Waals surface area contributed by atoms with Gasteiger partial charge in [-0.15, -0.1) is 0 Å². The summed E-state index contributed by atoms with van der Waals surface area (Å²) < 4.78 is 11.0. The van der Waals surface area contributed by atoms with Gasteiger partial charge in [-0.25, -0.2) is 0 Å². The molecule has 1 amide bonds. The Labute approximate surface area is 233 Å². The average molecular weight is 551 g/mol. The third-order valence-electron chi connectivity index (χ3n) is 5.78. The molecular formula is C26H50N10O3. The van der Waals surface area contributed by atoms with E-state index in [1.165, 1.54) is 6.34 Å². The van der Waals surface area contributed by atoms with Crippen molar-refractivity contribution in [3.8, 4) is 0 Å². The molecule has 0 radical (unpaired) electrons. The fourth-order valence-corrected chi connectivity index (χ4v) is 3.59. The minimum atomic E-state index is -0.00418. The van der Waals surface area contributed by atoms with E-state index < -0.39 is 0 Å². The normalized spacial score (nSPS) is 12.1. The van der Waals surface area contributed by atoms with Crippen molar-refractivity contribution < 1.29 is 14.3 Å². The number of hydrogen-bond acceptors (Lipinski definition) is 10. The zero-order chi connectivity index (χ0) is 28.6. The summed E-state index contributed by atoms with van der Waals surface area (Å²) in [5.74, 6) is 0.596. The standard InChI is InChI=1S/C26H50N10O3/c1-30-26(34-33-22-29)24-5-3-23(4-6-24)21-25(37)32-11-13-35(2)12-9-31-10-14-36(15-19-38-17-7-27)16-20-39-18-8-28/h3-6,22,31H,7-21,27-28H2,1-2H3,(H2,29,33)(H,30,34)(H,32,37). The molecule has 39 heavy (non-hydrogen) atoms. The van der Waals surface area contributed by atoms with Gasteiger partial charge in [-0.3, -0.25) is 20.1 Å². The van der Waals surface area contributed by atoms with Crippen LogP contribution in [-0.2, 0) is 20.7 Å². The summed E-state index contributed by atoms with van der Waals surface area (Å²) in [6.45, 7) is 10.1. The van der Waals surface area contributed by atoms with Crippen LogP contribution in [0.25, 0.3) is 0 Å². The van der Waals surface area contributed by atoms with Gasteiger partial charge in [-0.05, 0) is 12.6 Å². The van der Waals surface area contributed by atoms with E-state index in [1.54, 1.807) is 7.05 Å². The van der Waals surface area contributed by atoms with E-state index in [0.717, 1.165) is 56.9 Å². The van der Waals surface area contributed by atoms with Crippen molar-refractivity contribution in [3.63, 3.8) is 0 Å². The van der Waals surface area contributed by atoms with Gasteiger partial charge in [-0.2, -0.15) is 5.10 Å². The van der Waals surface area contributed by atoms with Gasteiger partial charge in [0.05, 0.1) is 32.8 Å². The fraction of sp³-hybridized carbons (Fsp3) is 0.654. The molecule has 0 spiro atoms. The van der Waals surface area contributed by atoms with Gasteiger partial charge in [0.1, 0.15) is 12.2 Å². The second-order valence-electron chi connectivity index (χ2n) is 8.88. The smallest absolute Gasteiger partial charge is 0.224 e. The van der Waals surface area contributed by atoms with Gasteiger partial charge in [0.2, 0.25) is 5.91 Å². The van der Waals surface area contributed by atoms with E-state index in [9.17, 15) is 4.79 Å². The lowest BCUT2D eigenvalue weighted by molar-refractivity contribution is -0.120. The SMILES string of the molecule is CN=C(N/N=C\N)c1ccc(CC(=O)NCCN(C)CCNCCN(CCOCCN)CCOCCN)cc1. The molecule has 0 unspecified atom stereocenters. The molecule has 0 saturated carbocycles. The predicted molar refractivity (Wildman–Crippen MR) is 158 cm³/mol. The number of amidine groups is 1. The number of carbonyl (C=O) groups excluding carboxylic acids is 1. The van der Waals surface area contributed by atoms with Crippen LogP contribution in [0.4, 0.5) is 0 Å². The average Bonchev–Trinajstić information content (AvgIpc) is 2.94. The summed E-state index contributed by atoms with van der Waals surface area (Å²) in [4.78, 5) is 21.0. The zero-order valence-electron chi connectivity index (χ0n) is 23.7. The number of benzene rings is 1. The minimum absolute atomic E-state index is 0.00418. The largest absolute Gasteiger partial charge is 0.388 e. The number of hydrazone groups is 1. The molecule has 1 aromatic rings. The van der Waals surface area contributed by atoms with Gasteiger partial charge in [0.25, 0.3) is 0 Å². The number of rotatable bonds is 23. The number of aliphatic imine (C=N–C) groups is 1. The van der Waals surface area contributed by atoms with E-state index >= 15 is 0 Å². The van der Waals surface area contributed by atoms with Crippen molar-refractivity contribution in [3.05, 3.63) is 35.4 Å². The maximum Gasteiger partial charge on any atom is 0.224 e. The number of amides is 1. The highest BCUT2D eigenvalue weighted by Gasteiger charge is 2.07. The fourth-order valence-electron chi connectivity index (χ4n) is 3.59. The molecule has 0 bridgehead atoms. The molecule has 0 heterocycles. The monoisotopic (exact) mass is 550 g/mol. The molecule has 0 aliphatic rings. The van der Waals surface area contributed by atoms with E-state index in [-0.39, 0.29) is 5.91 Å². The minimum Gasteiger partial charge on any atom is -0.388 e. The number of nitrogens with one attached hydrogen (secondary N) is 3. The van der Waals surface area contributed by atoms with Crippen molar-refractivity contribution in [2.75, 3.05) is 106 Å². The molecule has 9 N–H and O–H groups in total. The third-order valence-corrected chi connectivity index (χ3v) is 5.78. The lowest BCUT2D eigenvalue weighted by Gasteiger charge is -2.23. The second kappa shape index (κ2) is 23.3. The third kappa shape index (κ3) is 17.5. The Kier molecular flexibility index (Phi) is 20.5. The summed E-state index contributed by atoms with van der Waals surface area (Å²) in [6, 6.07) is 7.62. The molecule has 13 heteroatoms. The number of hydrogen-bond donors (Lipinski definition) is 6. The van der Waals surface area contributed by atoms with Crippen molar-refractivity contribution in [2.24, 2.45) is 27.3 Å². The summed E-state index contributed by atoms with van der Waals surface area (Å²) in [7, 11) is 3.72. The highest BCUT2D eigenvalue weighted by molar-refractivity contribution is 5.98. The number of nitrogens with zero attached hydrogens (tertiary/aromatic N) is 4. The van der Waals surface area contributed by atoms with E-state index in [0.29, 0.717) is 58.3 Å². The summed E-state index contributed by atoms with van der Waals surface area (Å²) >= 11 is 0. The first-order chi connectivity index (χ1) is 19.0. The van der Waals surface area contributed by atoms with Crippen molar-refractivity contribution in [1.29, 1.82) is 0 Å². The maximum atomic E-state index is 12.4. The first-order valence-corrected chi connectivity index (χ1v) is 13.5. The molecule has 222 valence electrons. The Morgan fingerprint density at radius 3 is 2.13 bits per heavy atom. The molecule has 1 rings (SSSR count). The summed E-state index contributed by atoms with van der Waals surface area (Å²) in [5.41, 5.74) is 20.8. The van der Waals surface area contributed by atoms with Crippen LogP contribution in [0.2, 0.25) is 0 Å². The number of likely N-dealkylation sites (N-methyl/N-ethyl adjacent to an activating group) is 1. The maximum absolute atomic E-state index is 12.4. The van der Waals surface area contributed by atoms with Crippen LogP contribution >= 0.6 is 0 Å². The van der Waals surface area contributed by atoms with Crippen LogP contribution in [-0.4, -0.2) is 134 Å². The van der Waals surface area contributed by atoms with Crippen LogP contribution in [0.5, 0.6) is 0 Å². The van der Waals surface area contributed by atoms with E-state index in [2.05, 4.69) is 43.0 Å². The number of carbonyl (C=O) groups is 1. The first kappa shape index (κ1) is 34.4. The first-order valence-electron chi connectivity index (χ1n) is 13.5. The van der Waals surface area contributed by atoms with Crippen LogP contribution in [0.1, 0.15) is 11.1 Å². The Bertz CT molecular complexity index is 796. The van der Waals surface area contributed by atoms with Crippen LogP contribution in [0.15, 0.2) is 34.4 Å². The van der Waals surface area contributed by atoms with Crippen molar-refractivity contribution in [1.82, 2.24) is 25.9 Å². The molecule has 1 aromatic carbocycles. The summed E-state index contributed by atoms with van der Waals surface area (Å²) in [6.07, 6.45) is 1.49. The van der Waals surface area contributed by atoms with Gasteiger partial charge in [-0.1, -0.05) is 24.3 Å². The number of nitrogens with two attached hydrogens (primary N) is 3. The molecule has 0 aliphatic carbocycles. The Morgan fingerprint density at radius 1 is 0.923 bits per heavy atom. The highest BCUT2D eigenvalue weighted by Crippen LogP contribution is 2.06. The zero-order valence-corrected chi connectivity index (χ0v) is 23.7. The molecule has 0 aliphatic heterocycles. The Hall–Kier alpha value is -2.65. The Balaban J connectivity index is 2.22. The van der Waals surface area contributed by atoms with Crippen LogP contribution in [0.3, 0.4) is 0 Å². The molecule has 0 fully saturated rings.